The quantitative estimate of drug-likeness (QED) is 0.192. The molecule has 1 amide bonds. The van der Waals surface area contributed by atoms with Crippen molar-refractivity contribution in [3.8, 4) is 5.75 Å². The largest absolute Gasteiger partial charge is 0.486 e. The molecule has 0 fully saturated rings. The van der Waals surface area contributed by atoms with Crippen molar-refractivity contribution in [3.05, 3.63) is 135 Å². The van der Waals surface area contributed by atoms with Crippen molar-refractivity contribution in [3.63, 3.8) is 0 Å². The third-order valence-electron chi connectivity index (χ3n) is 6.93. The molecule has 2 aromatic heterocycles. The van der Waals surface area contributed by atoms with Crippen LogP contribution in [0.2, 0.25) is 10.0 Å². The van der Waals surface area contributed by atoms with Gasteiger partial charge in [0, 0.05) is 32.8 Å². The van der Waals surface area contributed by atoms with E-state index < -0.39 is 5.91 Å². The Bertz CT molecular complexity index is 1600. The van der Waals surface area contributed by atoms with Gasteiger partial charge in [-0.2, -0.15) is 5.10 Å². The van der Waals surface area contributed by atoms with E-state index in [9.17, 15) is 4.79 Å². The van der Waals surface area contributed by atoms with E-state index in [1.807, 2.05) is 25.1 Å². The number of rotatable bonds is 9. The van der Waals surface area contributed by atoms with Crippen molar-refractivity contribution in [2.45, 2.75) is 39.3 Å². The van der Waals surface area contributed by atoms with E-state index in [4.69, 9.17) is 32.4 Å². The highest BCUT2D eigenvalue weighted by molar-refractivity contribution is 6.36. The topological polar surface area (TPSA) is 69.3 Å². The fraction of sp³-hybridized carbons (Fsp3) is 0.188. The summed E-state index contributed by atoms with van der Waals surface area (Å²) in [5.41, 5.74) is 3.92. The first-order valence-corrected chi connectivity index (χ1v) is 13.6. The van der Waals surface area contributed by atoms with Crippen LogP contribution in [-0.4, -0.2) is 15.7 Å². The second-order valence-electron chi connectivity index (χ2n) is 10.1. The van der Waals surface area contributed by atoms with Gasteiger partial charge in [-0.1, -0.05) is 85.6 Å². The highest BCUT2D eigenvalue weighted by Crippen LogP contribution is 2.32. The number of hydrogen-bond donors (Lipinski definition) is 1. The van der Waals surface area contributed by atoms with Crippen LogP contribution < -0.4 is 10.1 Å². The monoisotopic (exact) mass is 573 g/mol. The minimum atomic E-state index is -0.404. The standard InChI is InChI=1S/C32H29Cl2N3O3/c1-21-18-30(36-37(21)19-26-27(33)10-7-11-28(26)34)35-31(38)29-17-16-25(40-29)20-39-24-14-12-23(13-15-24)32(2,3)22-8-5-4-6-9-22/h4-18H,19-20H2,1-3H3,(H,35,36,38). The molecule has 0 unspecified atom stereocenters. The number of ether oxygens (including phenoxy) is 1. The molecule has 5 rings (SSSR count). The molecule has 40 heavy (non-hydrogen) atoms. The van der Waals surface area contributed by atoms with Crippen LogP contribution in [0.1, 0.15) is 52.5 Å². The average Bonchev–Trinajstić information content (AvgIpc) is 3.56. The number of nitrogens with one attached hydrogen (secondary N) is 1. The molecule has 0 bridgehead atoms. The normalized spacial score (nSPS) is 11.4. The number of nitrogens with zero attached hydrogens (tertiary/aromatic N) is 2. The Hall–Kier alpha value is -4.00. The molecule has 1 N–H and O–H groups in total. The van der Waals surface area contributed by atoms with Gasteiger partial charge in [-0.25, -0.2) is 0 Å². The van der Waals surface area contributed by atoms with Crippen LogP contribution in [0.4, 0.5) is 5.82 Å². The first-order chi connectivity index (χ1) is 19.2. The van der Waals surface area contributed by atoms with Crippen LogP contribution in [0, 0.1) is 6.92 Å². The minimum absolute atomic E-state index is 0.126. The maximum atomic E-state index is 12.8. The van der Waals surface area contributed by atoms with Crippen molar-refractivity contribution in [2.75, 3.05) is 5.32 Å². The molecule has 8 heteroatoms. The summed E-state index contributed by atoms with van der Waals surface area (Å²) in [4.78, 5) is 12.8. The number of hydrogen-bond acceptors (Lipinski definition) is 4. The van der Waals surface area contributed by atoms with Gasteiger partial charge in [-0.15, -0.1) is 0 Å². The first-order valence-electron chi connectivity index (χ1n) is 12.9. The Morgan fingerprint density at radius 2 is 1.60 bits per heavy atom. The molecule has 5 aromatic rings. The van der Waals surface area contributed by atoms with Gasteiger partial charge in [0.05, 0.1) is 6.54 Å². The number of carbonyl (C=O) groups excluding carboxylic acids is 1. The third kappa shape index (κ3) is 6.09. The lowest BCUT2D eigenvalue weighted by Crippen LogP contribution is -2.18. The van der Waals surface area contributed by atoms with E-state index in [0.29, 0.717) is 28.2 Å². The number of aromatic nitrogens is 2. The molecular formula is C32H29Cl2N3O3. The van der Waals surface area contributed by atoms with Crippen LogP contribution in [-0.2, 0) is 18.6 Å². The zero-order valence-electron chi connectivity index (χ0n) is 22.4. The molecule has 0 aliphatic carbocycles. The first kappa shape index (κ1) is 27.6. The Morgan fingerprint density at radius 1 is 0.925 bits per heavy atom. The Labute approximate surface area is 243 Å². The molecule has 0 aliphatic heterocycles. The smallest absolute Gasteiger partial charge is 0.292 e. The number of benzene rings is 3. The highest BCUT2D eigenvalue weighted by Gasteiger charge is 2.22. The molecule has 3 aromatic carbocycles. The minimum Gasteiger partial charge on any atom is -0.486 e. The van der Waals surface area contributed by atoms with Crippen molar-refractivity contribution in [1.29, 1.82) is 0 Å². The number of carbonyl (C=O) groups is 1. The van der Waals surface area contributed by atoms with Crippen LogP contribution in [0.5, 0.6) is 5.75 Å². The van der Waals surface area contributed by atoms with Crippen LogP contribution >= 0.6 is 23.2 Å². The number of anilines is 1. The lowest BCUT2D eigenvalue weighted by Gasteiger charge is -2.26. The Morgan fingerprint density at radius 3 is 2.30 bits per heavy atom. The molecule has 0 spiro atoms. The predicted molar refractivity (Wildman–Crippen MR) is 159 cm³/mol. The van der Waals surface area contributed by atoms with Crippen molar-refractivity contribution < 1.29 is 13.9 Å². The summed E-state index contributed by atoms with van der Waals surface area (Å²) in [6, 6.07) is 28.9. The van der Waals surface area contributed by atoms with E-state index in [1.165, 1.54) is 11.1 Å². The lowest BCUT2D eigenvalue weighted by molar-refractivity contribution is 0.0992. The van der Waals surface area contributed by atoms with Crippen LogP contribution in [0.25, 0.3) is 0 Å². The summed E-state index contributed by atoms with van der Waals surface area (Å²) in [5, 5.41) is 8.39. The van der Waals surface area contributed by atoms with Gasteiger partial charge < -0.3 is 14.5 Å². The van der Waals surface area contributed by atoms with Gasteiger partial charge in [-0.3, -0.25) is 9.48 Å². The molecule has 0 radical (unpaired) electrons. The highest BCUT2D eigenvalue weighted by atomic mass is 35.5. The maximum absolute atomic E-state index is 12.8. The lowest BCUT2D eigenvalue weighted by atomic mass is 9.78. The van der Waals surface area contributed by atoms with Gasteiger partial charge in [0.25, 0.3) is 5.91 Å². The Kier molecular flexibility index (Phi) is 8.01. The second-order valence-corrected chi connectivity index (χ2v) is 10.9. The van der Waals surface area contributed by atoms with E-state index >= 15 is 0 Å². The van der Waals surface area contributed by atoms with Gasteiger partial charge in [0.15, 0.2) is 11.6 Å². The van der Waals surface area contributed by atoms with Crippen molar-refractivity contribution in [2.24, 2.45) is 0 Å². The zero-order chi connectivity index (χ0) is 28.3. The van der Waals surface area contributed by atoms with Crippen LogP contribution in [0.3, 0.4) is 0 Å². The van der Waals surface area contributed by atoms with E-state index in [2.05, 4.69) is 60.7 Å². The third-order valence-corrected chi connectivity index (χ3v) is 7.64. The molecule has 6 nitrogen and oxygen atoms in total. The maximum Gasteiger partial charge on any atom is 0.292 e. The van der Waals surface area contributed by atoms with Gasteiger partial charge in [-0.05, 0) is 54.4 Å². The zero-order valence-corrected chi connectivity index (χ0v) is 24.0. The Balaban J connectivity index is 1.18. The van der Waals surface area contributed by atoms with Crippen LogP contribution in [0.15, 0.2) is 95.4 Å². The van der Waals surface area contributed by atoms with Crippen molar-refractivity contribution in [1.82, 2.24) is 9.78 Å². The summed E-state index contributed by atoms with van der Waals surface area (Å²) in [7, 11) is 0. The molecule has 0 atom stereocenters. The molecule has 0 saturated heterocycles. The number of aryl methyl sites for hydroxylation is 1. The molecule has 0 aliphatic rings. The molecule has 2 heterocycles. The summed E-state index contributed by atoms with van der Waals surface area (Å²) < 4.78 is 13.4. The average molecular weight is 575 g/mol. The molecular weight excluding hydrogens is 545 g/mol. The number of furan rings is 1. The fourth-order valence-corrected chi connectivity index (χ4v) is 4.98. The molecule has 0 saturated carbocycles. The van der Waals surface area contributed by atoms with Gasteiger partial charge in [0.1, 0.15) is 18.1 Å². The fourth-order valence-electron chi connectivity index (χ4n) is 4.46. The van der Waals surface area contributed by atoms with E-state index in [-0.39, 0.29) is 17.8 Å². The summed E-state index contributed by atoms with van der Waals surface area (Å²) >= 11 is 12.6. The number of amides is 1. The van der Waals surface area contributed by atoms with Gasteiger partial charge in [0.2, 0.25) is 0 Å². The summed E-state index contributed by atoms with van der Waals surface area (Å²) in [5.74, 6) is 1.42. The summed E-state index contributed by atoms with van der Waals surface area (Å²) in [6.07, 6.45) is 0. The van der Waals surface area contributed by atoms with E-state index in [1.54, 1.807) is 41.1 Å². The SMILES string of the molecule is Cc1cc(NC(=O)c2ccc(COc3ccc(C(C)(C)c4ccccc4)cc3)o2)nn1Cc1c(Cl)cccc1Cl. The van der Waals surface area contributed by atoms with Gasteiger partial charge >= 0.3 is 0 Å². The number of halogens is 2. The molecule has 204 valence electrons. The van der Waals surface area contributed by atoms with Crippen molar-refractivity contribution >= 4 is 34.9 Å². The van der Waals surface area contributed by atoms with E-state index in [0.717, 1.165) is 17.0 Å². The second kappa shape index (κ2) is 11.6. The summed E-state index contributed by atoms with van der Waals surface area (Å²) in [6.45, 7) is 6.88. The predicted octanol–water partition coefficient (Wildman–Crippen LogP) is 8.30.